The van der Waals surface area contributed by atoms with Crippen LogP contribution >= 0.6 is 0 Å². The highest BCUT2D eigenvalue weighted by molar-refractivity contribution is 5.43. The van der Waals surface area contributed by atoms with Crippen LogP contribution in [0.15, 0.2) is 48.5 Å². The molecule has 1 saturated carbocycles. The van der Waals surface area contributed by atoms with Gasteiger partial charge in [-0.3, -0.25) is 0 Å². The smallest absolute Gasteiger partial charge is 0.0203 e. The molecule has 0 atom stereocenters. The summed E-state index contributed by atoms with van der Waals surface area (Å²) in [5, 5.41) is 0. The maximum absolute atomic E-state index is 2.55. The molecule has 0 radical (unpaired) electrons. The highest BCUT2D eigenvalue weighted by Crippen LogP contribution is 2.48. The molecule has 0 N–H and O–H groups in total. The SMILES string of the molecule is CCCCCCCCC1CCC(c2cccc(CCC)c2)(c2cccc(CCC)c2)CC1. The molecule has 3 rings (SSSR count). The first-order valence-corrected chi connectivity index (χ1v) is 13.9. The quantitative estimate of drug-likeness (QED) is 0.276. The molecule has 0 nitrogen and oxygen atoms in total. The van der Waals surface area contributed by atoms with Gasteiger partial charge in [-0.05, 0) is 66.7 Å². The fourth-order valence-electron chi connectivity index (χ4n) is 6.04. The van der Waals surface area contributed by atoms with E-state index in [1.165, 1.54) is 107 Å². The van der Waals surface area contributed by atoms with Gasteiger partial charge in [0.25, 0.3) is 0 Å². The molecule has 0 aliphatic heterocycles. The third-order valence-electron chi connectivity index (χ3n) is 7.96. The van der Waals surface area contributed by atoms with E-state index in [1.807, 2.05) is 0 Å². The maximum Gasteiger partial charge on any atom is 0.0203 e. The maximum atomic E-state index is 2.55. The van der Waals surface area contributed by atoms with E-state index in [1.54, 1.807) is 11.1 Å². The summed E-state index contributed by atoms with van der Waals surface area (Å²) >= 11 is 0. The Bertz CT molecular complexity index is 727. The summed E-state index contributed by atoms with van der Waals surface area (Å²) in [6.07, 6.45) is 20.3. The van der Waals surface area contributed by atoms with Crippen molar-refractivity contribution in [1.29, 1.82) is 0 Å². The van der Waals surface area contributed by atoms with Gasteiger partial charge in [0.1, 0.15) is 0 Å². The topological polar surface area (TPSA) is 0 Å². The van der Waals surface area contributed by atoms with Crippen molar-refractivity contribution in [2.24, 2.45) is 5.92 Å². The zero-order chi connectivity index (χ0) is 22.7. The van der Waals surface area contributed by atoms with Crippen molar-refractivity contribution < 1.29 is 0 Å². The Balaban J connectivity index is 1.75. The summed E-state index contributed by atoms with van der Waals surface area (Å²) in [6.45, 7) is 6.90. The molecule has 1 aliphatic carbocycles. The summed E-state index contributed by atoms with van der Waals surface area (Å²) in [6, 6.07) is 19.3. The summed E-state index contributed by atoms with van der Waals surface area (Å²) in [7, 11) is 0. The van der Waals surface area contributed by atoms with E-state index in [4.69, 9.17) is 0 Å². The molecule has 0 heteroatoms. The minimum absolute atomic E-state index is 0.213. The largest absolute Gasteiger partial charge is 0.0654 e. The van der Waals surface area contributed by atoms with Crippen molar-refractivity contribution in [1.82, 2.24) is 0 Å². The average molecular weight is 433 g/mol. The predicted molar refractivity (Wildman–Crippen MR) is 142 cm³/mol. The third-order valence-corrected chi connectivity index (χ3v) is 7.96. The molecule has 2 aromatic carbocycles. The van der Waals surface area contributed by atoms with Crippen LogP contribution in [0.25, 0.3) is 0 Å². The van der Waals surface area contributed by atoms with Crippen LogP contribution in [0.2, 0.25) is 0 Å². The second-order valence-corrected chi connectivity index (χ2v) is 10.5. The van der Waals surface area contributed by atoms with Crippen molar-refractivity contribution in [3.05, 3.63) is 70.8 Å². The molecule has 32 heavy (non-hydrogen) atoms. The van der Waals surface area contributed by atoms with E-state index in [-0.39, 0.29) is 5.41 Å². The van der Waals surface area contributed by atoms with Crippen LogP contribution < -0.4 is 0 Å². The van der Waals surface area contributed by atoms with Gasteiger partial charge in [-0.25, -0.2) is 0 Å². The van der Waals surface area contributed by atoms with Gasteiger partial charge in [0.05, 0.1) is 0 Å². The van der Waals surface area contributed by atoms with Crippen LogP contribution in [0.4, 0.5) is 0 Å². The van der Waals surface area contributed by atoms with E-state index in [9.17, 15) is 0 Å². The Morgan fingerprint density at radius 3 is 1.72 bits per heavy atom. The molecule has 176 valence electrons. The fraction of sp³-hybridized carbons (Fsp3) is 0.625. The summed E-state index contributed by atoms with van der Waals surface area (Å²) in [5.74, 6) is 0.937. The first-order chi connectivity index (χ1) is 15.7. The number of unbranched alkanes of at least 4 members (excludes halogenated alkanes) is 5. The normalized spacial score (nSPS) is 16.3. The Morgan fingerprint density at radius 2 is 1.19 bits per heavy atom. The number of benzene rings is 2. The van der Waals surface area contributed by atoms with Gasteiger partial charge < -0.3 is 0 Å². The van der Waals surface area contributed by atoms with Crippen molar-refractivity contribution in [3.8, 4) is 0 Å². The lowest BCUT2D eigenvalue weighted by molar-refractivity contribution is 0.250. The van der Waals surface area contributed by atoms with Crippen LogP contribution in [-0.2, 0) is 18.3 Å². The van der Waals surface area contributed by atoms with Crippen molar-refractivity contribution in [2.45, 2.75) is 122 Å². The summed E-state index contributed by atoms with van der Waals surface area (Å²) < 4.78 is 0. The minimum Gasteiger partial charge on any atom is -0.0654 e. The minimum atomic E-state index is 0.213. The van der Waals surface area contributed by atoms with Crippen LogP contribution in [-0.4, -0.2) is 0 Å². The molecule has 0 saturated heterocycles. The zero-order valence-electron chi connectivity index (χ0n) is 21.3. The molecular weight excluding hydrogens is 384 g/mol. The lowest BCUT2D eigenvalue weighted by Gasteiger charge is -2.42. The number of rotatable bonds is 13. The molecule has 0 aromatic heterocycles. The van der Waals surface area contributed by atoms with Gasteiger partial charge >= 0.3 is 0 Å². The van der Waals surface area contributed by atoms with Gasteiger partial charge in [0, 0.05) is 5.41 Å². The lowest BCUT2D eigenvalue weighted by atomic mass is 9.62. The third kappa shape index (κ3) is 6.72. The Hall–Kier alpha value is -1.56. The molecule has 0 amide bonds. The number of hydrogen-bond acceptors (Lipinski definition) is 0. The summed E-state index contributed by atoms with van der Waals surface area (Å²) in [5.41, 5.74) is 6.40. The number of hydrogen-bond donors (Lipinski definition) is 0. The van der Waals surface area contributed by atoms with Gasteiger partial charge in [-0.1, -0.05) is 127 Å². The molecule has 0 heterocycles. The summed E-state index contributed by atoms with van der Waals surface area (Å²) in [4.78, 5) is 0. The van der Waals surface area contributed by atoms with Crippen LogP contribution in [0, 0.1) is 5.92 Å². The zero-order valence-corrected chi connectivity index (χ0v) is 21.3. The van der Waals surface area contributed by atoms with Gasteiger partial charge in [-0.15, -0.1) is 0 Å². The Kier molecular flexibility index (Phi) is 10.4. The molecular formula is C32H48. The van der Waals surface area contributed by atoms with Crippen molar-refractivity contribution in [2.75, 3.05) is 0 Å². The van der Waals surface area contributed by atoms with E-state index in [2.05, 4.69) is 69.3 Å². The molecule has 0 spiro atoms. The van der Waals surface area contributed by atoms with Gasteiger partial charge in [-0.2, -0.15) is 0 Å². The molecule has 0 unspecified atom stereocenters. The fourth-order valence-corrected chi connectivity index (χ4v) is 6.04. The second-order valence-electron chi connectivity index (χ2n) is 10.5. The molecule has 2 aromatic rings. The van der Waals surface area contributed by atoms with E-state index in [0.717, 1.165) is 5.92 Å². The highest BCUT2D eigenvalue weighted by Gasteiger charge is 2.38. The van der Waals surface area contributed by atoms with E-state index < -0.39 is 0 Å². The first-order valence-electron chi connectivity index (χ1n) is 13.9. The second kappa shape index (κ2) is 13.2. The van der Waals surface area contributed by atoms with E-state index >= 15 is 0 Å². The molecule has 1 aliphatic rings. The molecule has 1 fully saturated rings. The standard InChI is InChI=1S/C32H48/c1-4-7-8-9-10-11-16-27-21-23-32(24-22-27,30-19-12-17-28(25-30)14-5-2)31-20-13-18-29(26-31)15-6-3/h12-13,17-20,25-27H,4-11,14-16,21-24H2,1-3H3. The Morgan fingerprint density at radius 1 is 0.656 bits per heavy atom. The van der Waals surface area contributed by atoms with Crippen LogP contribution in [0.1, 0.15) is 126 Å². The van der Waals surface area contributed by atoms with Crippen molar-refractivity contribution >= 4 is 0 Å². The van der Waals surface area contributed by atoms with Crippen LogP contribution in [0.5, 0.6) is 0 Å². The van der Waals surface area contributed by atoms with Crippen molar-refractivity contribution in [3.63, 3.8) is 0 Å². The van der Waals surface area contributed by atoms with Gasteiger partial charge in [0.15, 0.2) is 0 Å². The highest BCUT2D eigenvalue weighted by atomic mass is 14.4. The monoisotopic (exact) mass is 432 g/mol. The number of aryl methyl sites for hydroxylation is 2. The average Bonchev–Trinajstić information content (AvgIpc) is 2.83. The van der Waals surface area contributed by atoms with Crippen LogP contribution in [0.3, 0.4) is 0 Å². The lowest BCUT2D eigenvalue weighted by Crippen LogP contribution is -2.33. The Labute approximate surface area is 199 Å². The molecule has 0 bridgehead atoms. The van der Waals surface area contributed by atoms with Gasteiger partial charge in [0.2, 0.25) is 0 Å². The van der Waals surface area contributed by atoms with E-state index in [0.29, 0.717) is 0 Å². The first kappa shape index (κ1) is 25.1. The predicted octanol–water partition coefficient (Wildman–Crippen LogP) is 9.82.